The van der Waals surface area contributed by atoms with Crippen molar-refractivity contribution in [3.63, 3.8) is 0 Å². The predicted octanol–water partition coefficient (Wildman–Crippen LogP) is 2.32. The lowest BCUT2D eigenvalue weighted by Crippen LogP contribution is -2.41. The smallest absolute Gasteiger partial charge is 0.399 e. The normalized spacial score (nSPS) is 27.7. The molecule has 1 saturated heterocycles. The molecule has 21 heavy (non-hydrogen) atoms. The molecular weight excluding hydrogens is 265 g/mol. The molecule has 0 spiro atoms. The van der Waals surface area contributed by atoms with Crippen molar-refractivity contribution >= 4 is 12.8 Å². The van der Waals surface area contributed by atoms with Crippen molar-refractivity contribution in [3.05, 3.63) is 11.7 Å². The van der Waals surface area contributed by atoms with Crippen LogP contribution in [0.3, 0.4) is 0 Å². The minimum absolute atomic E-state index is 0.317. The molecular formula is C15H28BN3O2. The third-order valence-corrected chi connectivity index (χ3v) is 4.66. The number of nitrogens with zero attached hydrogens (tertiary/aromatic N) is 2. The Morgan fingerprint density at radius 2 is 1.86 bits per heavy atom. The fourth-order valence-corrected chi connectivity index (χ4v) is 2.42. The first-order valence-corrected chi connectivity index (χ1v) is 7.80. The summed E-state index contributed by atoms with van der Waals surface area (Å²) in [5.41, 5.74) is 7.36. The Morgan fingerprint density at radius 1 is 1.29 bits per heavy atom. The summed E-state index contributed by atoms with van der Waals surface area (Å²) < 4.78 is 12.3. The number of allylic oxidation sites excluding steroid dienone is 1. The molecule has 0 aromatic rings. The third-order valence-electron chi connectivity index (χ3n) is 4.66. The van der Waals surface area contributed by atoms with Crippen LogP contribution in [0.4, 0.5) is 0 Å². The Labute approximate surface area is 128 Å². The Morgan fingerprint density at radius 3 is 2.38 bits per heavy atom. The van der Waals surface area contributed by atoms with Gasteiger partial charge in [-0.2, -0.15) is 0 Å². The van der Waals surface area contributed by atoms with Crippen LogP contribution < -0.4 is 5.73 Å². The first-order chi connectivity index (χ1) is 9.68. The van der Waals surface area contributed by atoms with Gasteiger partial charge in [-0.15, -0.1) is 0 Å². The molecule has 0 bridgehead atoms. The summed E-state index contributed by atoms with van der Waals surface area (Å²) in [5.74, 6) is 0. The molecule has 0 saturated carbocycles. The zero-order valence-corrected chi connectivity index (χ0v) is 14.1. The van der Waals surface area contributed by atoms with Gasteiger partial charge in [0.2, 0.25) is 0 Å². The number of hydrogen-bond acceptors (Lipinski definition) is 5. The summed E-state index contributed by atoms with van der Waals surface area (Å²) in [6.07, 6.45) is 4.83. The first-order valence-electron chi connectivity index (χ1n) is 7.80. The first kappa shape index (κ1) is 16.5. The lowest BCUT2D eigenvalue weighted by molar-refractivity contribution is 0.00578. The molecule has 0 radical (unpaired) electrons. The maximum absolute atomic E-state index is 6.16. The van der Waals surface area contributed by atoms with E-state index in [0.717, 1.165) is 30.4 Å². The molecule has 1 unspecified atom stereocenters. The molecule has 2 aliphatic rings. The Kier molecular flexibility index (Phi) is 4.52. The Hall–Kier alpha value is -0.845. The van der Waals surface area contributed by atoms with E-state index in [4.69, 9.17) is 15.0 Å². The van der Waals surface area contributed by atoms with Crippen LogP contribution in [-0.4, -0.2) is 42.3 Å². The number of nitrogens with two attached hydrogens (primary N) is 1. The van der Waals surface area contributed by atoms with Crippen LogP contribution >= 0.6 is 0 Å². The zero-order chi connectivity index (χ0) is 15.8. The van der Waals surface area contributed by atoms with Crippen molar-refractivity contribution in [3.8, 4) is 0 Å². The van der Waals surface area contributed by atoms with E-state index in [0.29, 0.717) is 0 Å². The average molecular weight is 293 g/mol. The van der Waals surface area contributed by atoms with E-state index in [2.05, 4.69) is 39.6 Å². The van der Waals surface area contributed by atoms with Gasteiger partial charge in [0.1, 0.15) is 0 Å². The second-order valence-electron chi connectivity index (χ2n) is 6.93. The van der Waals surface area contributed by atoms with E-state index in [1.165, 1.54) is 0 Å². The van der Waals surface area contributed by atoms with Gasteiger partial charge >= 0.3 is 7.12 Å². The van der Waals surface area contributed by atoms with Gasteiger partial charge in [-0.25, -0.2) is 0 Å². The third kappa shape index (κ3) is 3.17. The SMILES string of the molecule is CCCCC1=NC(N)N(C)C=C1B1OC(C)(C)C(C)(C)O1. The summed E-state index contributed by atoms with van der Waals surface area (Å²) in [4.78, 5) is 6.51. The van der Waals surface area contributed by atoms with E-state index in [-0.39, 0.29) is 24.6 Å². The van der Waals surface area contributed by atoms with E-state index in [1.807, 2.05) is 18.1 Å². The summed E-state index contributed by atoms with van der Waals surface area (Å²) in [6.45, 7) is 10.4. The van der Waals surface area contributed by atoms with Crippen LogP contribution in [-0.2, 0) is 9.31 Å². The molecule has 2 heterocycles. The molecule has 118 valence electrons. The number of unbranched alkanes of at least 4 members (excludes halogenated alkanes) is 1. The summed E-state index contributed by atoms with van der Waals surface area (Å²) in [7, 11) is 1.55. The molecule has 0 aromatic heterocycles. The lowest BCUT2D eigenvalue weighted by atomic mass is 9.74. The molecule has 2 N–H and O–H groups in total. The Balaban J connectivity index is 2.24. The van der Waals surface area contributed by atoms with Crippen molar-refractivity contribution in [1.82, 2.24) is 4.90 Å². The van der Waals surface area contributed by atoms with E-state index in [9.17, 15) is 0 Å². The van der Waals surface area contributed by atoms with E-state index < -0.39 is 0 Å². The molecule has 2 aliphatic heterocycles. The molecule has 0 aromatic carbocycles. The summed E-state index contributed by atoms with van der Waals surface area (Å²) in [6, 6.07) is 0. The van der Waals surface area contributed by atoms with E-state index in [1.54, 1.807) is 0 Å². The van der Waals surface area contributed by atoms with Crippen LogP contribution in [0, 0.1) is 0 Å². The fourth-order valence-electron chi connectivity index (χ4n) is 2.42. The highest BCUT2D eigenvalue weighted by Gasteiger charge is 2.53. The van der Waals surface area contributed by atoms with Gasteiger partial charge in [-0.05, 0) is 40.5 Å². The van der Waals surface area contributed by atoms with Gasteiger partial charge in [0.15, 0.2) is 6.29 Å². The van der Waals surface area contributed by atoms with Gasteiger partial charge in [-0.3, -0.25) is 10.7 Å². The highest BCUT2D eigenvalue weighted by Crippen LogP contribution is 2.39. The van der Waals surface area contributed by atoms with Crippen LogP contribution in [0.2, 0.25) is 0 Å². The number of rotatable bonds is 4. The maximum atomic E-state index is 6.16. The van der Waals surface area contributed by atoms with Crippen molar-refractivity contribution in [2.45, 2.75) is 71.4 Å². The Bertz CT molecular complexity index is 444. The van der Waals surface area contributed by atoms with Crippen LogP contribution in [0.25, 0.3) is 0 Å². The standard InChI is InChI=1S/C15H28BN3O2/c1-7-8-9-12-11(10-19(6)13(17)18-12)16-20-14(2,3)15(4,5)21-16/h10,13H,7-9,17H2,1-6H3. The second-order valence-corrected chi connectivity index (χ2v) is 6.93. The van der Waals surface area contributed by atoms with Crippen LogP contribution in [0.15, 0.2) is 16.7 Å². The maximum Gasteiger partial charge on any atom is 0.498 e. The van der Waals surface area contributed by atoms with Gasteiger partial charge in [0, 0.05) is 24.4 Å². The largest absolute Gasteiger partial charge is 0.498 e. The monoisotopic (exact) mass is 293 g/mol. The van der Waals surface area contributed by atoms with Crippen molar-refractivity contribution in [1.29, 1.82) is 0 Å². The quantitative estimate of drug-likeness (QED) is 0.808. The van der Waals surface area contributed by atoms with Crippen molar-refractivity contribution < 1.29 is 9.31 Å². The van der Waals surface area contributed by atoms with E-state index >= 15 is 0 Å². The molecule has 2 rings (SSSR count). The predicted molar refractivity (Wildman–Crippen MR) is 86.9 cm³/mol. The molecule has 0 amide bonds. The van der Waals surface area contributed by atoms with Crippen LogP contribution in [0.5, 0.6) is 0 Å². The van der Waals surface area contributed by atoms with Crippen LogP contribution in [0.1, 0.15) is 53.9 Å². The molecule has 1 atom stereocenters. The second kappa shape index (κ2) is 5.74. The molecule has 0 aliphatic carbocycles. The topological polar surface area (TPSA) is 60.1 Å². The van der Waals surface area contributed by atoms with Gasteiger partial charge in [0.25, 0.3) is 0 Å². The minimum Gasteiger partial charge on any atom is -0.399 e. The van der Waals surface area contributed by atoms with Crippen molar-refractivity contribution in [2.75, 3.05) is 7.05 Å². The zero-order valence-electron chi connectivity index (χ0n) is 14.1. The van der Waals surface area contributed by atoms with Gasteiger partial charge in [-0.1, -0.05) is 13.3 Å². The van der Waals surface area contributed by atoms with Crippen molar-refractivity contribution in [2.24, 2.45) is 10.7 Å². The minimum atomic E-state index is -0.374. The lowest BCUT2D eigenvalue weighted by Gasteiger charge is -2.32. The number of aliphatic imine (C=N–C) groups is 1. The fraction of sp³-hybridized carbons (Fsp3) is 0.800. The molecule has 1 fully saturated rings. The highest BCUT2D eigenvalue weighted by molar-refractivity contribution is 6.62. The van der Waals surface area contributed by atoms with Gasteiger partial charge < -0.3 is 14.2 Å². The molecule has 5 nitrogen and oxygen atoms in total. The van der Waals surface area contributed by atoms with Gasteiger partial charge in [0.05, 0.1) is 11.2 Å². The number of hydrogen-bond donors (Lipinski definition) is 1. The summed E-state index contributed by atoms with van der Waals surface area (Å²) in [5, 5.41) is 0. The molecule has 6 heteroatoms. The summed E-state index contributed by atoms with van der Waals surface area (Å²) >= 11 is 0. The highest BCUT2D eigenvalue weighted by atomic mass is 16.7. The average Bonchev–Trinajstić information content (AvgIpc) is 2.59.